The Morgan fingerprint density at radius 1 is 0.455 bits per heavy atom. The van der Waals surface area contributed by atoms with E-state index in [4.69, 9.17) is 0 Å². The van der Waals surface area contributed by atoms with E-state index in [1.165, 1.54) is 76.8 Å². The van der Waals surface area contributed by atoms with Gasteiger partial charge in [-0.3, -0.25) is 4.99 Å². The molecule has 44 heavy (non-hydrogen) atoms. The molecule has 1 heterocycles. The fourth-order valence-electron chi connectivity index (χ4n) is 6.94. The van der Waals surface area contributed by atoms with Crippen molar-refractivity contribution in [1.29, 1.82) is 0 Å². The Morgan fingerprint density at radius 2 is 0.977 bits per heavy atom. The van der Waals surface area contributed by atoms with Crippen LogP contribution in [-0.4, -0.2) is 6.21 Å². The lowest BCUT2D eigenvalue weighted by atomic mass is 9.84. The zero-order chi connectivity index (χ0) is 29.5. The van der Waals surface area contributed by atoms with Crippen molar-refractivity contribution in [3.63, 3.8) is 0 Å². The van der Waals surface area contributed by atoms with E-state index in [-0.39, 0.29) is 0 Å². The molecule has 0 aromatic heterocycles. The summed E-state index contributed by atoms with van der Waals surface area (Å²) in [6.07, 6.45) is 7.39. The molecule has 0 atom stereocenters. The quantitative estimate of drug-likeness (QED) is 0.185. The summed E-state index contributed by atoms with van der Waals surface area (Å²) in [6.45, 7) is 2.21. The van der Waals surface area contributed by atoms with Gasteiger partial charge in [-0.2, -0.15) is 0 Å². The second kappa shape index (κ2) is 11.1. The molecule has 7 aromatic rings. The molecule has 1 nitrogen and oxygen atoms in total. The Balaban J connectivity index is 1.35. The summed E-state index contributed by atoms with van der Waals surface area (Å²) in [5.74, 6) is 0. The van der Waals surface area contributed by atoms with E-state index in [1.807, 2.05) is 6.21 Å². The summed E-state index contributed by atoms with van der Waals surface area (Å²) in [7, 11) is 0. The van der Waals surface area contributed by atoms with Crippen molar-refractivity contribution < 1.29 is 0 Å². The van der Waals surface area contributed by atoms with Crippen molar-refractivity contribution in [1.82, 2.24) is 0 Å². The zero-order valence-electron chi connectivity index (χ0n) is 24.9. The number of nitrogens with zero attached hydrogens (tertiary/aromatic N) is 1. The number of hydrogen-bond donors (Lipinski definition) is 0. The molecule has 7 aromatic carbocycles. The van der Waals surface area contributed by atoms with Crippen LogP contribution in [0.3, 0.4) is 0 Å². The molecule has 0 radical (unpaired) electrons. The van der Waals surface area contributed by atoms with Gasteiger partial charge in [0.25, 0.3) is 0 Å². The van der Waals surface area contributed by atoms with Crippen LogP contribution in [0.1, 0.15) is 30.9 Å². The van der Waals surface area contributed by atoms with E-state index in [0.29, 0.717) is 0 Å². The third kappa shape index (κ3) is 4.44. The van der Waals surface area contributed by atoms with Crippen molar-refractivity contribution in [3.05, 3.63) is 151 Å². The highest BCUT2D eigenvalue weighted by Gasteiger charge is 2.18. The summed E-state index contributed by atoms with van der Waals surface area (Å²) in [5, 5.41) is 7.67. The van der Waals surface area contributed by atoms with Gasteiger partial charge in [0.15, 0.2) is 0 Å². The second-order valence-electron chi connectivity index (χ2n) is 11.7. The monoisotopic (exact) mass is 563 g/mol. The van der Waals surface area contributed by atoms with Gasteiger partial charge in [-0.25, -0.2) is 0 Å². The zero-order valence-corrected chi connectivity index (χ0v) is 24.9. The molecule has 210 valence electrons. The third-order valence-electron chi connectivity index (χ3n) is 9.13. The van der Waals surface area contributed by atoms with Crippen LogP contribution in [0.4, 0.5) is 0 Å². The first-order chi connectivity index (χ1) is 21.8. The summed E-state index contributed by atoms with van der Waals surface area (Å²) in [4.78, 5) is 4.62. The molecule has 0 unspecified atom stereocenters. The fraction of sp³-hybridized carbons (Fsp3) is 0.0930. The van der Waals surface area contributed by atoms with Gasteiger partial charge in [0.2, 0.25) is 0 Å². The summed E-state index contributed by atoms with van der Waals surface area (Å²) < 4.78 is 0. The minimum atomic E-state index is 1.03. The van der Waals surface area contributed by atoms with Crippen LogP contribution in [-0.2, 0) is 6.42 Å². The highest BCUT2D eigenvalue weighted by molar-refractivity contribution is 6.24. The van der Waals surface area contributed by atoms with E-state index >= 15 is 0 Å². The number of aryl methyl sites for hydroxylation is 1. The van der Waals surface area contributed by atoms with Crippen LogP contribution in [0.15, 0.2) is 145 Å². The van der Waals surface area contributed by atoms with Crippen LogP contribution >= 0.6 is 0 Å². The Morgan fingerprint density at radius 3 is 1.57 bits per heavy atom. The minimum Gasteiger partial charge on any atom is -0.261 e. The van der Waals surface area contributed by atoms with Gasteiger partial charge in [-0.15, -0.1) is 0 Å². The smallest absolute Gasteiger partial charge is 0.0658 e. The van der Waals surface area contributed by atoms with Gasteiger partial charge in [0.1, 0.15) is 0 Å². The maximum absolute atomic E-state index is 4.62. The first kappa shape index (κ1) is 26.4. The second-order valence-corrected chi connectivity index (χ2v) is 11.7. The third-order valence-corrected chi connectivity index (χ3v) is 9.13. The number of rotatable bonds is 5. The highest BCUT2D eigenvalue weighted by Crippen LogP contribution is 2.46. The average molecular weight is 564 g/mol. The first-order valence-electron chi connectivity index (χ1n) is 15.7. The molecule has 0 saturated carbocycles. The first-order valence-corrected chi connectivity index (χ1v) is 15.7. The van der Waals surface area contributed by atoms with E-state index in [0.717, 1.165) is 25.0 Å². The van der Waals surface area contributed by atoms with E-state index in [9.17, 15) is 0 Å². The number of hydrogen-bond acceptors (Lipinski definition) is 1. The molecule has 1 heteroatoms. The lowest BCUT2D eigenvalue weighted by molar-refractivity contribution is 1.09. The number of fused-ring (bicyclic) bond motifs is 3. The SMILES string of the molecule is CCc1ccc(-c2c3ccccc3c(-c3cccc4c(-c5ccc(C6=CCCC=N6)cc5)cccc34)c3ccccc23)cc1. The van der Waals surface area contributed by atoms with Crippen LogP contribution in [0.25, 0.3) is 71.4 Å². The Bertz CT molecular complexity index is 2170. The topological polar surface area (TPSA) is 12.4 Å². The highest BCUT2D eigenvalue weighted by atomic mass is 14.7. The van der Waals surface area contributed by atoms with Crippen molar-refractivity contribution in [2.75, 3.05) is 0 Å². The molecule has 0 aliphatic carbocycles. The van der Waals surface area contributed by atoms with Crippen LogP contribution in [0, 0.1) is 0 Å². The van der Waals surface area contributed by atoms with E-state index in [2.05, 4.69) is 151 Å². The number of allylic oxidation sites excluding steroid dienone is 1. The Hall–Kier alpha value is -5.27. The molecule has 0 fully saturated rings. The molecule has 0 spiro atoms. The lowest BCUT2D eigenvalue weighted by Crippen LogP contribution is -1.92. The van der Waals surface area contributed by atoms with Crippen molar-refractivity contribution in [2.45, 2.75) is 26.2 Å². The van der Waals surface area contributed by atoms with E-state index in [1.54, 1.807) is 0 Å². The van der Waals surface area contributed by atoms with Crippen LogP contribution in [0.2, 0.25) is 0 Å². The molecular weight excluding hydrogens is 530 g/mol. The molecule has 1 aliphatic rings. The molecule has 0 N–H and O–H groups in total. The molecule has 0 amide bonds. The molecule has 8 rings (SSSR count). The largest absolute Gasteiger partial charge is 0.261 e. The molecule has 0 saturated heterocycles. The Kier molecular flexibility index (Phi) is 6.65. The molecular formula is C43H33N. The predicted molar refractivity (Wildman–Crippen MR) is 190 cm³/mol. The summed E-state index contributed by atoms with van der Waals surface area (Å²) in [5.41, 5.74) is 11.2. The predicted octanol–water partition coefficient (Wildman–Crippen LogP) is 11.9. The standard InChI is InChI=1S/C43H33N/c1-2-29-20-22-32(23-21-29)42-37-11-3-5-13-39(37)43(40-14-6-4-12-38(40)42)36-18-10-16-34-33(15-9-17-35(34)36)30-24-26-31(27-25-30)41-19-7-8-28-44-41/h3-6,9-28H,2,7-8H2,1H3. The molecule has 0 bridgehead atoms. The maximum Gasteiger partial charge on any atom is 0.0658 e. The summed E-state index contributed by atoms with van der Waals surface area (Å²) >= 11 is 0. The van der Waals surface area contributed by atoms with Gasteiger partial charge >= 0.3 is 0 Å². The van der Waals surface area contributed by atoms with Crippen molar-refractivity contribution in [3.8, 4) is 33.4 Å². The van der Waals surface area contributed by atoms with Gasteiger partial charge in [-0.05, 0) is 96.1 Å². The van der Waals surface area contributed by atoms with Gasteiger partial charge < -0.3 is 0 Å². The average Bonchev–Trinajstić information content (AvgIpc) is 3.10. The number of aliphatic imine (C=N–C) groups is 1. The van der Waals surface area contributed by atoms with Gasteiger partial charge in [0.05, 0.1) is 5.70 Å². The minimum absolute atomic E-state index is 1.03. The van der Waals surface area contributed by atoms with Crippen molar-refractivity contribution in [2.24, 2.45) is 4.99 Å². The fourth-order valence-corrected chi connectivity index (χ4v) is 6.94. The maximum atomic E-state index is 4.62. The summed E-state index contributed by atoms with van der Waals surface area (Å²) in [6, 6.07) is 49.4. The van der Waals surface area contributed by atoms with Crippen LogP contribution < -0.4 is 0 Å². The van der Waals surface area contributed by atoms with Gasteiger partial charge in [-0.1, -0.05) is 146 Å². The Labute approximate surface area is 258 Å². The van der Waals surface area contributed by atoms with Gasteiger partial charge in [0, 0.05) is 6.21 Å². The van der Waals surface area contributed by atoms with E-state index < -0.39 is 0 Å². The number of benzene rings is 7. The van der Waals surface area contributed by atoms with Crippen molar-refractivity contribution >= 4 is 44.2 Å². The normalized spacial score (nSPS) is 13.1. The lowest BCUT2D eigenvalue weighted by Gasteiger charge is -2.19. The molecule has 1 aliphatic heterocycles. The van der Waals surface area contributed by atoms with Crippen LogP contribution in [0.5, 0.6) is 0 Å².